The monoisotopic (exact) mass is 183 g/mol. The van der Waals surface area contributed by atoms with Crippen molar-refractivity contribution in [3.8, 4) is 0 Å². The fourth-order valence-electron chi connectivity index (χ4n) is 1.80. The zero-order valence-electron chi connectivity index (χ0n) is 7.34. The third-order valence-corrected chi connectivity index (χ3v) is 2.47. The first-order chi connectivity index (χ1) is 5.38. The predicted molar refractivity (Wildman–Crippen MR) is 52.9 cm³/mol. The van der Waals surface area contributed by atoms with Gasteiger partial charge in [-0.3, -0.25) is 4.98 Å². The molecule has 12 heavy (non-hydrogen) atoms. The first kappa shape index (κ1) is 9.53. The smallest absolute Gasteiger partial charge is 0.0438 e. The molecule has 0 unspecified atom stereocenters. The van der Waals surface area contributed by atoms with Gasteiger partial charge in [-0.1, -0.05) is 0 Å². The second-order valence-electron chi connectivity index (χ2n) is 3.26. The molecule has 1 aliphatic carbocycles. The van der Waals surface area contributed by atoms with E-state index in [1.807, 2.05) is 6.20 Å². The summed E-state index contributed by atoms with van der Waals surface area (Å²) in [5, 5.41) is 0. The highest BCUT2D eigenvalue weighted by atomic mass is 35.5. The number of halogens is 1. The van der Waals surface area contributed by atoms with E-state index in [-0.39, 0.29) is 12.4 Å². The van der Waals surface area contributed by atoms with Gasteiger partial charge in [-0.15, -0.1) is 12.4 Å². The molecule has 0 fully saturated rings. The van der Waals surface area contributed by atoms with E-state index in [2.05, 4.69) is 18.0 Å². The molecule has 1 aromatic rings. The average Bonchev–Trinajstić information content (AvgIpc) is 2.06. The summed E-state index contributed by atoms with van der Waals surface area (Å²) in [6.45, 7) is 2.19. The van der Waals surface area contributed by atoms with Crippen LogP contribution in [0.3, 0.4) is 0 Å². The maximum atomic E-state index is 4.38. The Kier molecular flexibility index (Phi) is 3.10. The minimum absolute atomic E-state index is 0. The fourth-order valence-corrected chi connectivity index (χ4v) is 1.80. The van der Waals surface area contributed by atoms with Crippen molar-refractivity contribution in [3.63, 3.8) is 0 Å². The third kappa shape index (κ3) is 1.61. The third-order valence-electron chi connectivity index (χ3n) is 2.47. The van der Waals surface area contributed by atoms with Gasteiger partial charge in [0.25, 0.3) is 0 Å². The van der Waals surface area contributed by atoms with Crippen LogP contribution in [0.1, 0.15) is 29.7 Å². The molecule has 0 N–H and O–H groups in total. The second-order valence-corrected chi connectivity index (χ2v) is 3.26. The maximum Gasteiger partial charge on any atom is 0.0438 e. The van der Waals surface area contributed by atoms with Crippen LogP contribution in [-0.2, 0) is 12.8 Å². The number of hydrogen-bond donors (Lipinski definition) is 0. The molecule has 2 heteroatoms. The molecule has 1 heterocycles. The SMILES string of the molecule is Cc1ccnc2c1CCCC2.Cl. The van der Waals surface area contributed by atoms with E-state index in [9.17, 15) is 0 Å². The van der Waals surface area contributed by atoms with Gasteiger partial charge in [-0.25, -0.2) is 0 Å². The van der Waals surface area contributed by atoms with Crippen molar-refractivity contribution >= 4 is 12.4 Å². The number of rotatable bonds is 0. The van der Waals surface area contributed by atoms with Crippen LogP contribution in [0.2, 0.25) is 0 Å². The highest BCUT2D eigenvalue weighted by molar-refractivity contribution is 5.85. The molecule has 0 spiro atoms. The molecule has 0 atom stereocenters. The Morgan fingerprint density at radius 2 is 2.00 bits per heavy atom. The molecule has 1 aromatic heterocycles. The maximum absolute atomic E-state index is 4.38. The Morgan fingerprint density at radius 3 is 2.75 bits per heavy atom. The lowest BCUT2D eigenvalue weighted by Crippen LogP contribution is -2.06. The van der Waals surface area contributed by atoms with E-state index in [1.165, 1.54) is 42.5 Å². The zero-order chi connectivity index (χ0) is 7.68. The molecule has 1 nitrogen and oxygen atoms in total. The summed E-state index contributed by atoms with van der Waals surface area (Å²) in [5.41, 5.74) is 4.28. The number of hydrogen-bond acceptors (Lipinski definition) is 1. The van der Waals surface area contributed by atoms with Crippen LogP contribution in [0.25, 0.3) is 0 Å². The van der Waals surface area contributed by atoms with E-state index in [4.69, 9.17) is 0 Å². The Morgan fingerprint density at radius 1 is 1.25 bits per heavy atom. The summed E-state index contributed by atoms with van der Waals surface area (Å²) < 4.78 is 0. The van der Waals surface area contributed by atoms with Crippen LogP contribution in [0.5, 0.6) is 0 Å². The van der Waals surface area contributed by atoms with Gasteiger partial charge in [0.2, 0.25) is 0 Å². The lowest BCUT2D eigenvalue weighted by Gasteiger charge is -2.15. The Bertz CT molecular complexity index is 271. The summed E-state index contributed by atoms with van der Waals surface area (Å²) >= 11 is 0. The minimum atomic E-state index is 0. The van der Waals surface area contributed by atoms with Gasteiger partial charge >= 0.3 is 0 Å². The normalized spacial score (nSPS) is 14.8. The van der Waals surface area contributed by atoms with Crippen molar-refractivity contribution in [3.05, 3.63) is 29.1 Å². The number of nitrogens with zero attached hydrogens (tertiary/aromatic N) is 1. The molecule has 0 amide bonds. The van der Waals surface area contributed by atoms with Crippen LogP contribution in [0.4, 0.5) is 0 Å². The molecule has 0 saturated carbocycles. The Labute approximate surface area is 79.6 Å². The van der Waals surface area contributed by atoms with E-state index in [0.29, 0.717) is 0 Å². The molecule has 0 bridgehead atoms. The Hall–Kier alpha value is -0.560. The van der Waals surface area contributed by atoms with Crippen molar-refractivity contribution in [2.24, 2.45) is 0 Å². The van der Waals surface area contributed by atoms with E-state index < -0.39 is 0 Å². The van der Waals surface area contributed by atoms with E-state index in [1.54, 1.807) is 0 Å². The zero-order valence-corrected chi connectivity index (χ0v) is 8.16. The van der Waals surface area contributed by atoms with Crippen molar-refractivity contribution in [1.82, 2.24) is 4.98 Å². The van der Waals surface area contributed by atoms with E-state index in [0.717, 1.165) is 0 Å². The van der Waals surface area contributed by atoms with Crippen molar-refractivity contribution in [2.75, 3.05) is 0 Å². The molecular formula is C10H14ClN. The van der Waals surface area contributed by atoms with Crippen molar-refractivity contribution < 1.29 is 0 Å². The van der Waals surface area contributed by atoms with Gasteiger partial charge < -0.3 is 0 Å². The topological polar surface area (TPSA) is 12.9 Å². The summed E-state index contributed by atoms with van der Waals surface area (Å²) in [7, 11) is 0. The number of pyridine rings is 1. The summed E-state index contributed by atoms with van der Waals surface area (Å²) in [5.74, 6) is 0. The van der Waals surface area contributed by atoms with Gasteiger partial charge in [0.1, 0.15) is 0 Å². The molecule has 0 aliphatic heterocycles. The van der Waals surface area contributed by atoms with Gasteiger partial charge in [0.05, 0.1) is 0 Å². The molecular weight excluding hydrogens is 170 g/mol. The Balaban J connectivity index is 0.000000720. The van der Waals surface area contributed by atoms with Crippen LogP contribution < -0.4 is 0 Å². The number of aryl methyl sites for hydroxylation is 2. The molecule has 1 aliphatic rings. The minimum Gasteiger partial charge on any atom is -0.261 e. The van der Waals surface area contributed by atoms with Gasteiger partial charge in [-0.05, 0) is 49.8 Å². The van der Waals surface area contributed by atoms with Gasteiger partial charge in [0, 0.05) is 11.9 Å². The summed E-state index contributed by atoms with van der Waals surface area (Å²) in [6.07, 6.45) is 7.04. The van der Waals surface area contributed by atoms with Crippen LogP contribution in [0.15, 0.2) is 12.3 Å². The first-order valence-electron chi connectivity index (χ1n) is 4.31. The van der Waals surface area contributed by atoms with Crippen LogP contribution in [-0.4, -0.2) is 4.98 Å². The van der Waals surface area contributed by atoms with Gasteiger partial charge in [0.15, 0.2) is 0 Å². The fraction of sp³-hybridized carbons (Fsp3) is 0.500. The highest BCUT2D eigenvalue weighted by Crippen LogP contribution is 2.21. The summed E-state index contributed by atoms with van der Waals surface area (Å²) in [6, 6.07) is 2.12. The van der Waals surface area contributed by atoms with Crippen molar-refractivity contribution in [1.29, 1.82) is 0 Å². The van der Waals surface area contributed by atoms with Crippen molar-refractivity contribution in [2.45, 2.75) is 32.6 Å². The quantitative estimate of drug-likeness (QED) is 0.603. The molecule has 2 rings (SSSR count). The van der Waals surface area contributed by atoms with E-state index >= 15 is 0 Å². The standard InChI is InChI=1S/C10H13N.ClH/c1-8-6-7-11-10-5-3-2-4-9(8)10;/h6-7H,2-5H2,1H3;1H. The summed E-state index contributed by atoms with van der Waals surface area (Å²) in [4.78, 5) is 4.38. The average molecular weight is 184 g/mol. The largest absolute Gasteiger partial charge is 0.261 e. The van der Waals surface area contributed by atoms with Crippen LogP contribution in [0, 0.1) is 6.92 Å². The molecule has 0 saturated heterocycles. The highest BCUT2D eigenvalue weighted by Gasteiger charge is 2.10. The molecule has 66 valence electrons. The second kappa shape index (κ2) is 3.90. The first-order valence-corrected chi connectivity index (χ1v) is 4.31. The molecule has 0 aromatic carbocycles. The lowest BCUT2D eigenvalue weighted by atomic mass is 9.93. The molecule has 0 radical (unpaired) electrons. The lowest BCUT2D eigenvalue weighted by molar-refractivity contribution is 0.664. The predicted octanol–water partition coefficient (Wildman–Crippen LogP) is 2.69. The number of fused-ring (bicyclic) bond motifs is 1. The van der Waals surface area contributed by atoms with Crippen LogP contribution >= 0.6 is 12.4 Å². The van der Waals surface area contributed by atoms with Gasteiger partial charge in [-0.2, -0.15) is 0 Å². The number of aromatic nitrogens is 1.